The van der Waals surface area contributed by atoms with Crippen molar-refractivity contribution in [2.45, 2.75) is 13.5 Å². The van der Waals surface area contributed by atoms with Crippen LogP contribution in [-0.4, -0.2) is 31.6 Å². The first-order valence-electron chi connectivity index (χ1n) is 5.43. The van der Waals surface area contributed by atoms with Gasteiger partial charge in [-0.3, -0.25) is 0 Å². The number of carbonyl (C=O) groups excluding carboxylic acids is 1. The van der Waals surface area contributed by atoms with Gasteiger partial charge in [0.15, 0.2) is 0 Å². The van der Waals surface area contributed by atoms with Gasteiger partial charge in [-0.05, 0) is 12.5 Å². The van der Waals surface area contributed by atoms with E-state index in [1.165, 1.54) is 12.5 Å². The fourth-order valence-corrected chi connectivity index (χ4v) is 1.13. The first kappa shape index (κ1) is 15.4. The van der Waals surface area contributed by atoms with Crippen LogP contribution in [-0.2, 0) is 11.3 Å². The summed E-state index contributed by atoms with van der Waals surface area (Å²) in [6.07, 6.45) is 0. The van der Waals surface area contributed by atoms with Crippen LogP contribution in [0.3, 0.4) is 0 Å². The van der Waals surface area contributed by atoms with Gasteiger partial charge in [0.25, 0.3) is 0 Å². The third kappa shape index (κ3) is 9.33. The lowest BCUT2D eigenvalue weighted by atomic mass is 10.2. The molecule has 3 nitrogen and oxygen atoms in total. The summed E-state index contributed by atoms with van der Waals surface area (Å²) >= 11 is 0. The first-order valence-corrected chi connectivity index (χ1v) is 5.43. The summed E-state index contributed by atoms with van der Waals surface area (Å²) < 4.78 is 0.990. The Balaban J connectivity index is 0.000000366. The van der Waals surface area contributed by atoms with Crippen molar-refractivity contribution in [2.24, 2.45) is 0 Å². The molecule has 0 saturated heterocycles. The molecule has 0 aliphatic heterocycles. The fraction of sp³-hybridized carbons (Fsp3) is 0.357. The smallest absolute Gasteiger partial charge is 0.104 e. The van der Waals surface area contributed by atoms with Crippen LogP contribution in [0.5, 0.6) is 0 Å². The Morgan fingerprint density at radius 1 is 1.24 bits per heavy atom. The Hall–Kier alpha value is -1.61. The second kappa shape index (κ2) is 6.86. The number of carboxylic acid groups (broad SMARTS) is 1. The van der Waals surface area contributed by atoms with Crippen LogP contribution < -0.4 is 5.11 Å². The van der Waals surface area contributed by atoms with E-state index in [-0.39, 0.29) is 5.57 Å². The summed E-state index contributed by atoms with van der Waals surface area (Å²) in [5, 5.41) is 9.49. The lowest BCUT2D eigenvalue weighted by molar-refractivity contribution is -0.884. The molecular weight excluding hydrogens is 214 g/mol. The molecule has 0 fully saturated rings. The van der Waals surface area contributed by atoms with Crippen molar-refractivity contribution in [3.8, 4) is 0 Å². The van der Waals surface area contributed by atoms with Gasteiger partial charge in [-0.1, -0.05) is 36.9 Å². The van der Waals surface area contributed by atoms with Crippen LogP contribution in [0.4, 0.5) is 0 Å². The zero-order valence-electron chi connectivity index (χ0n) is 11.1. The number of aliphatic carboxylic acids is 1. The summed E-state index contributed by atoms with van der Waals surface area (Å²) in [7, 11) is 6.60. The van der Waals surface area contributed by atoms with E-state index < -0.39 is 5.97 Å². The number of benzene rings is 1. The van der Waals surface area contributed by atoms with Crippen molar-refractivity contribution in [1.82, 2.24) is 0 Å². The van der Waals surface area contributed by atoms with Gasteiger partial charge in [0.2, 0.25) is 0 Å². The molecule has 3 heteroatoms. The van der Waals surface area contributed by atoms with Gasteiger partial charge >= 0.3 is 0 Å². The minimum absolute atomic E-state index is 0.0648. The number of rotatable bonds is 3. The first-order chi connectivity index (χ1) is 7.72. The van der Waals surface area contributed by atoms with Crippen LogP contribution in [0.25, 0.3) is 0 Å². The quantitative estimate of drug-likeness (QED) is 0.583. The average Bonchev–Trinajstić information content (AvgIpc) is 2.17. The van der Waals surface area contributed by atoms with Gasteiger partial charge in [-0.25, -0.2) is 0 Å². The molecule has 1 rings (SSSR count). The Morgan fingerprint density at radius 2 is 1.65 bits per heavy atom. The Morgan fingerprint density at radius 3 is 1.94 bits per heavy atom. The molecule has 0 amide bonds. The topological polar surface area (TPSA) is 40.1 Å². The third-order valence-corrected chi connectivity index (χ3v) is 1.85. The number of hydrogen-bond acceptors (Lipinski definition) is 2. The monoisotopic (exact) mass is 235 g/mol. The zero-order chi connectivity index (χ0) is 13.5. The molecule has 0 N–H and O–H groups in total. The highest BCUT2D eigenvalue weighted by atomic mass is 16.4. The average molecular weight is 235 g/mol. The van der Waals surface area contributed by atoms with E-state index in [1.54, 1.807) is 0 Å². The van der Waals surface area contributed by atoms with E-state index in [1.807, 2.05) is 0 Å². The molecule has 1 aromatic carbocycles. The van der Waals surface area contributed by atoms with E-state index in [4.69, 9.17) is 0 Å². The molecule has 0 atom stereocenters. The molecule has 0 radical (unpaired) electrons. The summed E-state index contributed by atoms with van der Waals surface area (Å²) in [6, 6.07) is 10.6. The molecule has 0 unspecified atom stereocenters. The van der Waals surface area contributed by atoms with Gasteiger partial charge in [0.05, 0.1) is 27.1 Å². The Bertz CT molecular complexity index is 352. The highest BCUT2D eigenvalue weighted by Gasteiger charge is 2.06. The van der Waals surface area contributed by atoms with Crippen molar-refractivity contribution in [3.63, 3.8) is 0 Å². The molecule has 17 heavy (non-hydrogen) atoms. The van der Waals surface area contributed by atoms with E-state index in [9.17, 15) is 9.90 Å². The largest absolute Gasteiger partial charge is 0.545 e. The van der Waals surface area contributed by atoms with Gasteiger partial charge in [-0.15, -0.1) is 0 Å². The highest BCUT2D eigenvalue weighted by Crippen LogP contribution is 2.05. The molecule has 1 aromatic rings. The predicted octanol–water partition coefficient (Wildman–Crippen LogP) is 1.21. The maximum Gasteiger partial charge on any atom is 0.104 e. The SMILES string of the molecule is C=C(C)C(=O)[O-].C[N+](C)(C)Cc1ccccc1. The lowest BCUT2D eigenvalue weighted by Gasteiger charge is -2.23. The Kier molecular flexibility index (Phi) is 6.21. The van der Waals surface area contributed by atoms with Crippen LogP contribution >= 0.6 is 0 Å². The van der Waals surface area contributed by atoms with Crippen LogP contribution in [0.1, 0.15) is 12.5 Å². The zero-order valence-corrected chi connectivity index (χ0v) is 11.1. The molecule has 0 aromatic heterocycles. The predicted molar refractivity (Wildman–Crippen MR) is 68.0 cm³/mol. The highest BCUT2D eigenvalue weighted by molar-refractivity contribution is 5.82. The number of hydrogen-bond donors (Lipinski definition) is 0. The van der Waals surface area contributed by atoms with Crippen molar-refractivity contribution >= 4 is 5.97 Å². The van der Waals surface area contributed by atoms with Gasteiger partial charge in [-0.2, -0.15) is 0 Å². The molecule has 94 valence electrons. The fourth-order valence-electron chi connectivity index (χ4n) is 1.13. The van der Waals surface area contributed by atoms with E-state index >= 15 is 0 Å². The molecule has 0 aliphatic carbocycles. The van der Waals surface area contributed by atoms with Crippen molar-refractivity contribution in [2.75, 3.05) is 21.1 Å². The lowest BCUT2D eigenvalue weighted by Crippen LogP contribution is -2.33. The molecular formula is C14H21NO2. The van der Waals surface area contributed by atoms with Crippen LogP contribution in [0.2, 0.25) is 0 Å². The van der Waals surface area contributed by atoms with Gasteiger partial charge < -0.3 is 14.4 Å². The minimum Gasteiger partial charge on any atom is -0.545 e. The molecule has 0 aliphatic rings. The molecule has 0 heterocycles. The second-order valence-corrected chi connectivity index (χ2v) is 5.00. The van der Waals surface area contributed by atoms with Gasteiger partial charge in [0.1, 0.15) is 6.54 Å². The number of carbonyl (C=O) groups is 1. The second-order valence-electron chi connectivity index (χ2n) is 5.00. The maximum absolute atomic E-state index is 9.49. The number of quaternary nitrogens is 1. The van der Waals surface area contributed by atoms with Gasteiger partial charge in [0, 0.05) is 5.56 Å². The number of nitrogens with zero attached hydrogens (tertiary/aromatic N) is 1. The van der Waals surface area contributed by atoms with Crippen molar-refractivity contribution in [1.29, 1.82) is 0 Å². The Labute approximate surface area is 104 Å². The number of carboxylic acids is 1. The van der Waals surface area contributed by atoms with Crippen LogP contribution in [0, 0.1) is 0 Å². The summed E-state index contributed by atoms with van der Waals surface area (Å²) in [5.74, 6) is -1.19. The van der Waals surface area contributed by atoms with E-state index in [0.29, 0.717) is 0 Å². The molecule has 0 bridgehead atoms. The van der Waals surface area contributed by atoms with E-state index in [2.05, 4.69) is 58.1 Å². The molecule has 0 saturated carbocycles. The normalized spacial score (nSPS) is 10.1. The maximum atomic E-state index is 9.49. The summed E-state index contributed by atoms with van der Waals surface area (Å²) in [5.41, 5.74) is 1.47. The summed E-state index contributed by atoms with van der Waals surface area (Å²) in [6.45, 7) is 5.57. The standard InChI is InChI=1S/C10H16N.C4H6O2/c1-11(2,3)9-10-7-5-4-6-8-10;1-3(2)4(5)6/h4-8H,9H2,1-3H3;1H2,2H3,(H,5,6)/q+1;/p-1. The van der Waals surface area contributed by atoms with Crippen molar-refractivity contribution in [3.05, 3.63) is 48.0 Å². The molecule has 0 spiro atoms. The van der Waals surface area contributed by atoms with Crippen molar-refractivity contribution < 1.29 is 14.4 Å². The summed E-state index contributed by atoms with van der Waals surface area (Å²) in [4.78, 5) is 9.49. The van der Waals surface area contributed by atoms with Crippen LogP contribution in [0.15, 0.2) is 42.5 Å². The van der Waals surface area contributed by atoms with E-state index in [0.717, 1.165) is 11.0 Å². The third-order valence-electron chi connectivity index (χ3n) is 1.85. The minimum atomic E-state index is -1.19.